The molecule has 0 spiro atoms. The molecule has 0 radical (unpaired) electrons. The number of aryl methyl sites for hydroxylation is 1. The van der Waals surface area contributed by atoms with Gasteiger partial charge in [0, 0.05) is 33.1 Å². The molecule has 2 atom stereocenters. The summed E-state index contributed by atoms with van der Waals surface area (Å²) in [6.07, 6.45) is 1.02. The molecule has 0 heterocycles. The Morgan fingerprint density at radius 1 is 0.875 bits per heavy atom. The van der Waals surface area contributed by atoms with Crippen LogP contribution in [0.2, 0.25) is 0 Å². The number of hydrogen-bond donors (Lipinski definition) is 1. The van der Waals surface area contributed by atoms with Crippen molar-refractivity contribution in [2.45, 2.75) is 52.2 Å². The predicted molar refractivity (Wildman–Crippen MR) is 160 cm³/mol. The van der Waals surface area contributed by atoms with Crippen LogP contribution in [0.1, 0.15) is 37.0 Å². The Morgan fingerprint density at radius 2 is 1.48 bits per heavy atom. The van der Waals surface area contributed by atoms with Crippen LogP contribution in [0.25, 0.3) is 0 Å². The quantitative estimate of drug-likeness (QED) is 0.338. The van der Waals surface area contributed by atoms with E-state index in [0.29, 0.717) is 5.69 Å². The normalized spacial score (nSPS) is 12.9. The number of amides is 2. The summed E-state index contributed by atoms with van der Waals surface area (Å²) in [5, 5.41) is 3.04. The van der Waals surface area contributed by atoms with Gasteiger partial charge in [-0.25, -0.2) is 4.31 Å². The fourth-order valence-electron chi connectivity index (χ4n) is 4.31. The van der Waals surface area contributed by atoms with Crippen LogP contribution in [-0.4, -0.2) is 62.2 Å². The molecule has 0 unspecified atom stereocenters. The van der Waals surface area contributed by atoms with Gasteiger partial charge in [0.1, 0.15) is 12.6 Å². The third-order valence-corrected chi connectivity index (χ3v) is 8.59. The average molecular weight is 565 g/mol. The number of nitrogens with zero attached hydrogens (tertiary/aromatic N) is 3. The van der Waals surface area contributed by atoms with Crippen molar-refractivity contribution in [3.8, 4) is 0 Å². The minimum atomic E-state index is -4.01. The fourth-order valence-corrected chi connectivity index (χ4v) is 5.37. The fraction of sp³-hybridized carbons (Fsp3) is 0.355. The van der Waals surface area contributed by atoms with Gasteiger partial charge in [-0.3, -0.25) is 9.59 Å². The van der Waals surface area contributed by atoms with E-state index in [2.05, 4.69) is 5.32 Å². The molecule has 0 aliphatic heterocycles. The Balaban J connectivity index is 2.08. The van der Waals surface area contributed by atoms with Crippen LogP contribution < -0.4 is 9.62 Å². The van der Waals surface area contributed by atoms with E-state index in [1.165, 1.54) is 19.0 Å². The third kappa shape index (κ3) is 8.16. The summed E-state index contributed by atoms with van der Waals surface area (Å²) < 4.78 is 28.9. The van der Waals surface area contributed by atoms with Crippen molar-refractivity contribution in [1.29, 1.82) is 0 Å². The lowest BCUT2D eigenvalue weighted by Crippen LogP contribution is -2.55. The maximum absolute atomic E-state index is 14.2. The van der Waals surface area contributed by atoms with Crippen LogP contribution in [0.15, 0.2) is 84.9 Å². The first-order valence-corrected chi connectivity index (χ1v) is 14.9. The first-order chi connectivity index (χ1) is 19.0. The van der Waals surface area contributed by atoms with Crippen LogP contribution in [-0.2, 0) is 32.8 Å². The molecule has 2 amide bonds. The first-order valence-electron chi connectivity index (χ1n) is 13.5. The summed E-state index contributed by atoms with van der Waals surface area (Å²) in [5.41, 5.74) is 3.14. The second kappa shape index (κ2) is 14.1. The summed E-state index contributed by atoms with van der Waals surface area (Å²) in [6, 6.07) is 24.9. The molecule has 0 saturated carbocycles. The zero-order valence-corrected chi connectivity index (χ0v) is 24.8. The lowest BCUT2D eigenvalue weighted by Gasteiger charge is -2.35. The summed E-state index contributed by atoms with van der Waals surface area (Å²) >= 11 is 0. The van der Waals surface area contributed by atoms with E-state index in [9.17, 15) is 18.0 Å². The molecule has 3 aromatic carbocycles. The number of carbonyl (C=O) groups excluding carboxylic acids is 2. The largest absolute Gasteiger partial charge is 0.352 e. The van der Waals surface area contributed by atoms with E-state index in [4.69, 9.17) is 0 Å². The maximum Gasteiger partial charge on any atom is 0.304 e. The highest BCUT2D eigenvalue weighted by molar-refractivity contribution is 7.90. The zero-order chi connectivity index (χ0) is 29.3. The van der Waals surface area contributed by atoms with E-state index < -0.39 is 28.7 Å². The van der Waals surface area contributed by atoms with Crippen LogP contribution in [0, 0.1) is 6.92 Å². The van der Waals surface area contributed by atoms with Gasteiger partial charge >= 0.3 is 10.2 Å². The SMILES string of the molecule is CC[C@H](C)NC(=O)[C@H](Cc1ccccc1)N(Cc1cccc(C)c1)C(=O)CN(c1ccccc1)S(=O)(=O)N(C)C. The number of carbonyl (C=O) groups is 2. The Bertz CT molecular complexity index is 1360. The van der Waals surface area contributed by atoms with E-state index in [1.807, 2.05) is 75.4 Å². The Morgan fingerprint density at radius 3 is 2.05 bits per heavy atom. The zero-order valence-electron chi connectivity index (χ0n) is 23.9. The smallest absolute Gasteiger partial charge is 0.304 e. The molecule has 3 rings (SSSR count). The summed E-state index contributed by atoms with van der Waals surface area (Å²) in [5.74, 6) is -0.753. The Hall–Kier alpha value is -3.69. The molecule has 0 aromatic heterocycles. The predicted octanol–water partition coefficient (Wildman–Crippen LogP) is 4.16. The molecule has 0 aliphatic rings. The van der Waals surface area contributed by atoms with Crippen molar-refractivity contribution in [2.24, 2.45) is 0 Å². The standard InChI is InChI=1S/C31H40N4O4S/c1-6-25(3)32-31(37)29(21-26-15-9-7-10-16-26)34(22-27-17-13-14-24(2)20-27)30(36)23-35(40(38,39)33(4)5)28-18-11-8-12-19-28/h7-20,25,29H,6,21-23H2,1-5H3,(H,32,37)/t25-,29-/m0/s1. The molecule has 214 valence electrons. The minimum absolute atomic E-state index is 0.0865. The molecule has 0 fully saturated rings. The van der Waals surface area contributed by atoms with Gasteiger partial charge in [-0.2, -0.15) is 12.7 Å². The van der Waals surface area contributed by atoms with Crippen LogP contribution >= 0.6 is 0 Å². The lowest BCUT2D eigenvalue weighted by molar-refractivity contribution is -0.140. The van der Waals surface area contributed by atoms with Gasteiger partial charge in [-0.1, -0.05) is 85.3 Å². The van der Waals surface area contributed by atoms with Gasteiger partial charge in [0.05, 0.1) is 5.69 Å². The van der Waals surface area contributed by atoms with Crippen LogP contribution in [0.4, 0.5) is 5.69 Å². The van der Waals surface area contributed by atoms with E-state index in [1.54, 1.807) is 30.3 Å². The summed E-state index contributed by atoms with van der Waals surface area (Å²) in [4.78, 5) is 29.4. The van der Waals surface area contributed by atoms with Gasteiger partial charge in [0.25, 0.3) is 0 Å². The van der Waals surface area contributed by atoms with Crippen LogP contribution in [0.3, 0.4) is 0 Å². The monoisotopic (exact) mass is 564 g/mol. The summed E-state index contributed by atoms with van der Waals surface area (Å²) in [6.45, 7) is 5.56. The van der Waals surface area contributed by atoms with Crippen molar-refractivity contribution in [3.05, 3.63) is 102 Å². The maximum atomic E-state index is 14.2. The van der Waals surface area contributed by atoms with Gasteiger partial charge in [0.15, 0.2) is 0 Å². The van der Waals surface area contributed by atoms with Crippen molar-refractivity contribution >= 4 is 27.7 Å². The third-order valence-electron chi connectivity index (χ3n) is 6.77. The van der Waals surface area contributed by atoms with Gasteiger partial charge in [-0.05, 0) is 43.5 Å². The second-order valence-electron chi connectivity index (χ2n) is 10.2. The van der Waals surface area contributed by atoms with Crippen molar-refractivity contribution < 1.29 is 18.0 Å². The molecule has 0 bridgehead atoms. The van der Waals surface area contributed by atoms with E-state index in [0.717, 1.165) is 31.7 Å². The highest BCUT2D eigenvalue weighted by atomic mass is 32.2. The van der Waals surface area contributed by atoms with Crippen molar-refractivity contribution in [1.82, 2.24) is 14.5 Å². The number of nitrogens with one attached hydrogen (secondary N) is 1. The number of hydrogen-bond acceptors (Lipinski definition) is 4. The molecule has 3 aromatic rings. The van der Waals surface area contributed by atoms with E-state index in [-0.39, 0.29) is 24.9 Å². The number of para-hydroxylation sites is 1. The first kappa shape index (κ1) is 30.8. The highest BCUT2D eigenvalue weighted by Crippen LogP contribution is 2.22. The summed E-state index contributed by atoms with van der Waals surface area (Å²) in [7, 11) is -1.15. The molecule has 0 aliphatic carbocycles. The van der Waals surface area contributed by atoms with Crippen molar-refractivity contribution in [2.75, 3.05) is 24.9 Å². The number of rotatable bonds is 13. The van der Waals surface area contributed by atoms with Gasteiger partial charge in [0.2, 0.25) is 11.8 Å². The van der Waals surface area contributed by atoms with Crippen LogP contribution in [0.5, 0.6) is 0 Å². The average Bonchev–Trinajstić information content (AvgIpc) is 2.94. The highest BCUT2D eigenvalue weighted by Gasteiger charge is 2.35. The molecular weight excluding hydrogens is 524 g/mol. The van der Waals surface area contributed by atoms with Gasteiger partial charge < -0.3 is 10.2 Å². The van der Waals surface area contributed by atoms with E-state index >= 15 is 0 Å². The molecular formula is C31H40N4O4S. The topological polar surface area (TPSA) is 90.0 Å². The number of benzene rings is 3. The molecule has 8 nitrogen and oxygen atoms in total. The molecule has 1 N–H and O–H groups in total. The molecule has 40 heavy (non-hydrogen) atoms. The van der Waals surface area contributed by atoms with Gasteiger partial charge in [-0.15, -0.1) is 0 Å². The van der Waals surface area contributed by atoms with Crippen molar-refractivity contribution in [3.63, 3.8) is 0 Å². The number of anilines is 1. The molecule has 0 saturated heterocycles. The Labute approximate surface area is 238 Å². The minimum Gasteiger partial charge on any atom is -0.352 e. The Kier molecular flexibility index (Phi) is 10.9. The molecule has 9 heteroatoms. The second-order valence-corrected chi connectivity index (χ2v) is 12.2. The lowest BCUT2D eigenvalue weighted by atomic mass is 10.0.